The van der Waals surface area contributed by atoms with Crippen LogP contribution in [0.5, 0.6) is 0 Å². The second-order valence-electron chi connectivity index (χ2n) is 10.4. The molecule has 9 rings (SSSR count). The molecule has 184 valence electrons. The van der Waals surface area contributed by atoms with Crippen molar-refractivity contribution in [3.8, 4) is 16.8 Å². The van der Waals surface area contributed by atoms with E-state index in [-0.39, 0.29) is 0 Å². The van der Waals surface area contributed by atoms with Crippen molar-refractivity contribution in [1.82, 2.24) is 4.57 Å². The van der Waals surface area contributed by atoms with Gasteiger partial charge in [-0.25, -0.2) is 0 Å². The number of thiophene rings is 1. The predicted octanol–water partition coefficient (Wildman–Crippen LogP) is 10.5. The number of benzene rings is 5. The summed E-state index contributed by atoms with van der Waals surface area (Å²) in [5, 5.41) is 5.91. The van der Waals surface area contributed by atoms with E-state index in [1.807, 2.05) is 23.1 Å². The Balaban J connectivity index is 1.22. The van der Waals surface area contributed by atoms with Crippen molar-refractivity contribution in [3.05, 3.63) is 133 Å². The number of rotatable bonds is 2. The Morgan fingerprint density at radius 3 is 2.33 bits per heavy atom. The molecule has 0 saturated heterocycles. The second-order valence-corrected chi connectivity index (χ2v) is 12.7. The Labute approximate surface area is 234 Å². The zero-order valence-corrected chi connectivity index (χ0v) is 22.7. The quantitative estimate of drug-likeness (QED) is 0.214. The van der Waals surface area contributed by atoms with Gasteiger partial charge in [0.15, 0.2) is 0 Å². The largest absolute Gasteiger partial charge is 0.309 e. The minimum absolute atomic E-state index is 0.470. The van der Waals surface area contributed by atoms with Gasteiger partial charge < -0.3 is 4.57 Å². The number of hydrogen-bond acceptors (Lipinski definition) is 2. The molecule has 2 unspecified atom stereocenters. The van der Waals surface area contributed by atoms with Crippen molar-refractivity contribution in [2.45, 2.75) is 16.1 Å². The van der Waals surface area contributed by atoms with Crippen LogP contribution in [0, 0.1) is 0 Å². The average Bonchev–Trinajstić information content (AvgIpc) is 3.66. The van der Waals surface area contributed by atoms with Gasteiger partial charge in [0.05, 0.1) is 11.0 Å². The molecule has 1 aliphatic heterocycles. The van der Waals surface area contributed by atoms with Gasteiger partial charge in [-0.2, -0.15) is 0 Å². The van der Waals surface area contributed by atoms with Gasteiger partial charge in [0.1, 0.15) is 0 Å². The molecule has 0 fully saturated rings. The highest BCUT2D eigenvalue weighted by Gasteiger charge is 2.33. The summed E-state index contributed by atoms with van der Waals surface area (Å²) in [7, 11) is 0. The Hall–Kier alpha value is -4.05. The average molecular weight is 534 g/mol. The van der Waals surface area contributed by atoms with Gasteiger partial charge >= 0.3 is 0 Å². The first-order valence-electron chi connectivity index (χ1n) is 13.4. The maximum atomic E-state index is 2.45. The molecule has 1 aliphatic carbocycles. The van der Waals surface area contributed by atoms with E-state index in [1.54, 1.807) is 0 Å². The zero-order valence-electron chi connectivity index (χ0n) is 21.0. The van der Waals surface area contributed by atoms with Crippen LogP contribution >= 0.6 is 23.1 Å². The fourth-order valence-corrected chi connectivity index (χ4v) is 9.33. The Morgan fingerprint density at radius 2 is 1.41 bits per heavy atom. The van der Waals surface area contributed by atoms with Gasteiger partial charge in [0.25, 0.3) is 0 Å². The smallest absolute Gasteiger partial charge is 0.0552 e. The maximum Gasteiger partial charge on any atom is 0.0552 e. The lowest BCUT2D eigenvalue weighted by Crippen LogP contribution is -2.06. The van der Waals surface area contributed by atoms with Crippen LogP contribution in [-0.2, 0) is 0 Å². The number of thioether (sulfide) groups is 1. The van der Waals surface area contributed by atoms with Crippen molar-refractivity contribution in [2.75, 3.05) is 0 Å². The molecule has 7 aromatic rings. The third-order valence-corrected chi connectivity index (χ3v) is 11.0. The van der Waals surface area contributed by atoms with Crippen LogP contribution in [0.25, 0.3) is 58.8 Å². The minimum atomic E-state index is 0.470. The highest BCUT2D eigenvalue weighted by molar-refractivity contribution is 8.00. The standard InChI is InChI=1S/C36H23NS2/c1-4-13-30-29(10-1)34-31(21-20-28-26-9-3-6-15-33(26)39-36(28)34)37(30)23-18-16-22(17-19-23)24-11-7-12-27-25-8-2-5-14-32(25)38-35(24)27/h1-21,26,33H. The molecular formula is C36H23NS2. The van der Waals surface area contributed by atoms with Crippen LogP contribution < -0.4 is 0 Å². The first-order valence-corrected chi connectivity index (χ1v) is 15.1. The number of fused-ring (bicyclic) bond motifs is 10. The molecule has 2 aliphatic rings. The van der Waals surface area contributed by atoms with Crippen LogP contribution in [0.1, 0.15) is 11.5 Å². The fraction of sp³-hybridized carbons (Fsp3) is 0.0556. The van der Waals surface area contributed by atoms with Crippen molar-refractivity contribution in [3.63, 3.8) is 0 Å². The lowest BCUT2D eigenvalue weighted by Gasteiger charge is -2.14. The first kappa shape index (κ1) is 21.8. The molecule has 5 aromatic carbocycles. The van der Waals surface area contributed by atoms with Crippen LogP contribution in [0.15, 0.2) is 132 Å². The summed E-state index contributed by atoms with van der Waals surface area (Å²) in [6, 6.07) is 38.2. The Bertz CT molecular complexity index is 2160. The van der Waals surface area contributed by atoms with Gasteiger partial charge in [-0.05, 0) is 47.0 Å². The van der Waals surface area contributed by atoms with Gasteiger partial charge in [0.2, 0.25) is 0 Å². The van der Waals surface area contributed by atoms with Crippen LogP contribution in [0.3, 0.4) is 0 Å². The second kappa shape index (κ2) is 8.22. The fourth-order valence-electron chi connectivity index (χ4n) is 6.59. The summed E-state index contributed by atoms with van der Waals surface area (Å²) in [5.74, 6) is 0.470. The number of nitrogens with zero attached hydrogens (tertiary/aromatic N) is 1. The summed E-state index contributed by atoms with van der Waals surface area (Å²) >= 11 is 3.92. The normalized spacial score (nSPS) is 17.9. The Kier molecular flexibility index (Phi) is 4.60. The van der Waals surface area contributed by atoms with Gasteiger partial charge in [-0.1, -0.05) is 97.1 Å². The molecule has 0 saturated carbocycles. The first-order chi connectivity index (χ1) is 19.3. The van der Waals surface area contributed by atoms with E-state index in [9.17, 15) is 0 Å². The van der Waals surface area contributed by atoms with Crippen molar-refractivity contribution in [2.24, 2.45) is 0 Å². The number of para-hydroxylation sites is 1. The van der Waals surface area contributed by atoms with E-state index in [4.69, 9.17) is 0 Å². The molecule has 2 aromatic heterocycles. The molecule has 1 nitrogen and oxygen atoms in total. The molecule has 0 bridgehead atoms. The van der Waals surface area contributed by atoms with Gasteiger partial charge in [-0.15, -0.1) is 23.1 Å². The third kappa shape index (κ3) is 3.09. The molecule has 0 N–H and O–H groups in total. The lowest BCUT2D eigenvalue weighted by atomic mass is 9.91. The van der Waals surface area contributed by atoms with Crippen LogP contribution in [-0.4, -0.2) is 9.82 Å². The highest BCUT2D eigenvalue weighted by atomic mass is 32.2. The third-order valence-electron chi connectivity index (χ3n) is 8.36. The molecular weight excluding hydrogens is 511 g/mol. The molecule has 0 amide bonds. The van der Waals surface area contributed by atoms with Crippen molar-refractivity contribution in [1.29, 1.82) is 0 Å². The summed E-state index contributed by atoms with van der Waals surface area (Å²) in [5.41, 5.74) is 7.79. The predicted molar refractivity (Wildman–Crippen MR) is 170 cm³/mol. The van der Waals surface area contributed by atoms with E-state index in [0.717, 1.165) is 0 Å². The van der Waals surface area contributed by atoms with E-state index in [2.05, 4.69) is 132 Å². The van der Waals surface area contributed by atoms with Crippen LogP contribution in [0.2, 0.25) is 0 Å². The topological polar surface area (TPSA) is 4.93 Å². The van der Waals surface area contributed by atoms with E-state index in [1.165, 1.54) is 69.3 Å². The van der Waals surface area contributed by atoms with E-state index in [0.29, 0.717) is 11.2 Å². The monoisotopic (exact) mass is 533 g/mol. The van der Waals surface area contributed by atoms with Gasteiger partial charge in [0, 0.05) is 52.7 Å². The Morgan fingerprint density at radius 1 is 0.615 bits per heavy atom. The molecule has 3 heteroatoms. The number of allylic oxidation sites excluding steroid dienone is 3. The molecule has 3 heterocycles. The van der Waals surface area contributed by atoms with E-state index < -0.39 is 0 Å². The molecule has 39 heavy (non-hydrogen) atoms. The summed E-state index contributed by atoms with van der Waals surface area (Å²) in [6.07, 6.45) is 9.12. The van der Waals surface area contributed by atoms with E-state index >= 15 is 0 Å². The molecule has 0 spiro atoms. The van der Waals surface area contributed by atoms with Crippen molar-refractivity contribution < 1.29 is 0 Å². The van der Waals surface area contributed by atoms with Gasteiger partial charge in [-0.3, -0.25) is 0 Å². The maximum absolute atomic E-state index is 2.45. The van der Waals surface area contributed by atoms with Crippen LogP contribution in [0.4, 0.5) is 0 Å². The minimum Gasteiger partial charge on any atom is -0.309 e. The molecule has 0 radical (unpaired) electrons. The van der Waals surface area contributed by atoms with Crippen molar-refractivity contribution >= 4 is 65.1 Å². The summed E-state index contributed by atoms with van der Waals surface area (Å²) in [4.78, 5) is 1.45. The highest BCUT2D eigenvalue weighted by Crippen LogP contribution is 2.52. The summed E-state index contributed by atoms with van der Waals surface area (Å²) < 4.78 is 5.15. The SMILES string of the molecule is C1=CC2Sc3c(ccc4c3c3ccccc3n4-c3ccc(-c4cccc5c4sc4ccccc45)cc3)C2C=C1. The summed E-state index contributed by atoms with van der Waals surface area (Å²) in [6.45, 7) is 0. The number of aromatic nitrogens is 1. The lowest BCUT2D eigenvalue weighted by molar-refractivity contribution is 0.883. The number of hydrogen-bond donors (Lipinski definition) is 0. The molecule has 2 atom stereocenters. The zero-order chi connectivity index (χ0) is 25.5.